The number of nitriles is 1. The predicted molar refractivity (Wildman–Crippen MR) is 107 cm³/mol. The van der Waals surface area contributed by atoms with Crippen molar-refractivity contribution in [3.8, 4) is 6.07 Å². The SMILES string of the molecule is N#Cc1ccc2nc(N3CCC(C(=O)NCc4cccnc4)CC3)ccc2c1. The monoisotopic (exact) mass is 371 g/mol. The first-order chi connectivity index (χ1) is 13.7. The van der Waals surface area contributed by atoms with Crippen molar-refractivity contribution < 1.29 is 4.79 Å². The van der Waals surface area contributed by atoms with Crippen LogP contribution >= 0.6 is 0 Å². The van der Waals surface area contributed by atoms with Gasteiger partial charge in [0.05, 0.1) is 17.1 Å². The molecule has 1 amide bonds. The Morgan fingerprint density at radius 2 is 2.07 bits per heavy atom. The minimum Gasteiger partial charge on any atom is -0.357 e. The molecule has 3 heterocycles. The summed E-state index contributed by atoms with van der Waals surface area (Å²) >= 11 is 0. The number of nitrogens with zero attached hydrogens (tertiary/aromatic N) is 4. The zero-order chi connectivity index (χ0) is 19.3. The van der Waals surface area contributed by atoms with Crippen LogP contribution in [0.4, 0.5) is 5.82 Å². The summed E-state index contributed by atoms with van der Waals surface area (Å²) in [6.45, 7) is 2.13. The van der Waals surface area contributed by atoms with Crippen LogP contribution < -0.4 is 10.2 Å². The van der Waals surface area contributed by atoms with Gasteiger partial charge < -0.3 is 10.2 Å². The maximum atomic E-state index is 12.5. The average molecular weight is 371 g/mol. The fraction of sp³-hybridized carbons (Fsp3) is 0.273. The number of hydrogen-bond donors (Lipinski definition) is 1. The number of rotatable bonds is 4. The van der Waals surface area contributed by atoms with Crippen molar-refractivity contribution in [1.82, 2.24) is 15.3 Å². The highest BCUT2D eigenvalue weighted by Crippen LogP contribution is 2.24. The van der Waals surface area contributed by atoms with Gasteiger partial charge in [-0.05, 0) is 54.8 Å². The number of anilines is 1. The number of benzene rings is 1. The Balaban J connectivity index is 1.35. The second kappa shape index (κ2) is 8.05. The van der Waals surface area contributed by atoms with Gasteiger partial charge in [0.15, 0.2) is 0 Å². The standard InChI is InChI=1S/C22H21N5O/c23-13-16-3-5-20-19(12-16)4-6-21(26-20)27-10-7-18(8-11-27)22(28)25-15-17-2-1-9-24-14-17/h1-6,9,12,14,18H,7-8,10-11,15H2,(H,25,28). The van der Waals surface area contributed by atoms with Gasteiger partial charge >= 0.3 is 0 Å². The average Bonchev–Trinajstić information content (AvgIpc) is 2.77. The minimum absolute atomic E-state index is 0.0339. The van der Waals surface area contributed by atoms with Gasteiger partial charge in [0.2, 0.25) is 5.91 Å². The molecule has 1 N–H and O–H groups in total. The Morgan fingerprint density at radius 3 is 2.82 bits per heavy atom. The molecule has 1 aliphatic rings. The molecule has 0 radical (unpaired) electrons. The lowest BCUT2D eigenvalue weighted by Crippen LogP contribution is -2.40. The van der Waals surface area contributed by atoms with Gasteiger partial charge in [0.25, 0.3) is 0 Å². The maximum absolute atomic E-state index is 12.5. The fourth-order valence-electron chi connectivity index (χ4n) is 3.57. The molecule has 6 heteroatoms. The molecule has 28 heavy (non-hydrogen) atoms. The number of piperidine rings is 1. The Kier molecular flexibility index (Phi) is 5.16. The van der Waals surface area contributed by atoms with Crippen LogP contribution in [0.3, 0.4) is 0 Å². The molecule has 0 unspecified atom stereocenters. The van der Waals surface area contributed by atoms with E-state index in [0.717, 1.165) is 48.2 Å². The van der Waals surface area contributed by atoms with Gasteiger partial charge in [-0.2, -0.15) is 5.26 Å². The van der Waals surface area contributed by atoms with Gasteiger partial charge in [0.1, 0.15) is 5.82 Å². The summed E-state index contributed by atoms with van der Waals surface area (Å²) in [5.74, 6) is 1.07. The summed E-state index contributed by atoms with van der Waals surface area (Å²) in [5.41, 5.74) is 2.53. The van der Waals surface area contributed by atoms with E-state index in [-0.39, 0.29) is 11.8 Å². The molecule has 1 saturated heterocycles. The summed E-state index contributed by atoms with van der Waals surface area (Å²) in [6.07, 6.45) is 5.12. The quantitative estimate of drug-likeness (QED) is 0.762. The number of hydrogen-bond acceptors (Lipinski definition) is 5. The molecular weight excluding hydrogens is 350 g/mol. The number of nitrogens with one attached hydrogen (secondary N) is 1. The number of carbonyl (C=O) groups excluding carboxylic acids is 1. The van der Waals surface area contributed by atoms with E-state index < -0.39 is 0 Å². The number of pyridine rings is 2. The van der Waals surface area contributed by atoms with E-state index >= 15 is 0 Å². The van der Waals surface area contributed by atoms with E-state index in [9.17, 15) is 4.79 Å². The highest BCUT2D eigenvalue weighted by molar-refractivity contribution is 5.82. The van der Waals surface area contributed by atoms with Gasteiger partial charge in [0, 0.05) is 43.3 Å². The second-order valence-electron chi connectivity index (χ2n) is 7.03. The zero-order valence-electron chi connectivity index (χ0n) is 15.5. The van der Waals surface area contributed by atoms with E-state index in [1.807, 2.05) is 36.4 Å². The van der Waals surface area contributed by atoms with Crippen LogP contribution in [0.1, 0.15) is 24.0 Å². The third-order valence-corrected chi connectivity index (χ3v) is 5.18. The number of carbonyl (C=O) groups is 1. The Labute approximate surface area is 163 Å². The van der Waals surface area contributed by atoms with E-state index in [1.54, 1.807) is 18.5 Å². The lowest BCUT2D eigenvalue weighted by atomic mass is 9.95. The Bertz CT molecular complexity index is 1020. The summed E-state index contributed by atoms with van der Waals surface area (Å²) in [6, 6.07) is 15.5. The van der Waals surface area contributed by atoms with Crippen LogP contribution in [0.5, 0.6) is 0 Å². The van der Waals surface area contributed by atoms with Crippen LogP contribution in [0.15, 0.2) is 54.9 Å². The van der Waals surface area contributed by atoms with Crippen molar-refractivity contribution in [2.24, 2.45) is 5.92 Å². The highest BCUT2D eigenvalue weighted by Gasteiger charge is 2.25. The van der Waals surface area contributed by atoms with Crippen molar-refractivity contribution in [3.05, 3.63) is 66.0 Å². The molecule has 1 fully saturated rings. The smallest absolute Gasteiger partial charge is 0.223 e. The maximum Gasteiger partial charge on any atom is 0.223 e. The molecule has 140 valence electrons. The minimum atomic E-state index is 0.0339. The summed E-state index contributed by atoms with van der Waals surface area (Å²) in [5, 5.41) is 13.0. The third-order valence-electron chi connectivity index (χ3n) is 5.18. The molecule has 0 aliphatic carbocycles. The molecule has 0 saturated carbocycles. The van der Waals surface area contributed by atoms with Gasteiger partial charge in [-0.25, -0.2) is 4.98 Å². The first-order valence-electron chi connectivity index (χ1n) is 9.45. The van der Waals surface area contributed by atoms with E-state index in [1.165, 1.54) is 0 Å². The molecular formula is C22H21N5O. The normalized spacial score (nSPS) is 14.6. The van der Waals surface area contributed by atoms with Crippen molar-refractivity contribution in [1.29, 1.82) is 5.26 Å². The first-order valence-corrected chi connectivity index (χ1v) is 9.45. The number of aromatic nitrogens is 2. The Hall–Kier alpha value is -3.46. The van der Waals surface area contributed by atoms with E-state index in [2.05, 4.69) is 21.3 Å². The summed E-state index contributed by atoms with van der Waals surface area (Å²) in [7, 11) is 0. The molecule has 6 nitrogen and oxygen atoms in total. The molecule has 0 atom stereocenters. The largest absolute Gasteiger partial charge is 0.357 e. The van der Waals surface area contributed by atoms with Crippen LogP contribution in [0.25, 0.3) is 10.9 Å². The van der Waals surface area contributed by atoms with E-state index in [4.69, 9.17) is 10.2 Å². The molecule has 3 aromatic rings. The molecule has 0 spiro atoms. The lowest BCUT2D eigenvalue weighted by molar-refractivity contribution is -0.125. The van der Waals surface area contributed by atoms with Crippen molar-refractivity contribution >= 4 is 22.6 Å². The van der Waals surface area contributed by atoms with Crippen molar-refractivity contribution in [3.63, 3.8) is 0 Å². The molecule has 4 rings (SSSR count). The molecule has 2 aromatic heterocycles. The van der Waals surface area contributed by atoms with Crippen LogP contribution in [0.2, 0.25) is 0 Å². The van der Waals surface area contributed by atoms with Crippen molar-refractivity contribution in [2.45, 2.75) is 19.4 Å². The van der Waals surface area contributed by atoms with Crippen molar-refractivity contribution in [2.75, 3.05) is 18.0 Å². The van der Waals surface area contributed by atoms with Crippen LogP contribution in [-0.4, -0.2) is 29.0 Å². The van der Waals surface area contributed by atoms with Crippen LogP contribution in [-0.2, 0) is 11.3 Å². The highest BCUT2D eigenvalue weighted by atomic mass is 16.1. The summed E-state index contributed by atoms with van der Waals surface area (Å²) < 4.78 is 0. The van der Waals surface area contributed by atoms with Gasteiger partial charge in [-0.15, -0.1) is 0 Å². The number of fused-ring (bicyclic) bond motifs is 1. The van der Waals surface area contributed by atoms with E-state index in [0.29, 0.717) is 12.1 Å². The zero-order valence-corrected chi connectivity index (χ0v) is 15.5. The van der Waals surface area contributed by atoms with Gasteiger partial charge in [-0.3, -0.25) is 9.78 Å². The topological polar surface area (TPSA) is 81.9 Å². The molecule has 1 aromatic carbocycles. The molecule has 1 aliphatic heterocycles. The fourth-order valence-corrected chi connectivity index (χ4v) is 3.57. The lowest BCUT2D eigenvalue weighted by Gasteiger charge is -2.32. The van der Waals surface area contributed by atoms with Crippen LogP contribution in [0, 0.1) is 17.2 Å². The Morgan fingerprint density at radius 1 is 1.21 bits per heavy atom. The first kappa shape index (κ1) is 17.9. The third kappa shape index (κ3) is 3.94. The summed E-state index contributed by atoms with van der Waals surface area (Å²) in [4.78, 5) is 23.5. The molecule has 0 bridgehead atoms. The number of amides is 1. The second-order valence-corrected chi connectivity index (χ2v) is 7.03. The van der Waals surface area contributed by atoms with Gasteiger partial charge in [-0.1, -0.05) is 6.07 Å². The predicted octanol–water partition coefficient (Wildman–Crippen LogP) is 3.03.